The molecule has 40 heavy (non-hydrogen) atoms. The van der Waals surface area contributed by atoms with Gasteiger partial charge < -0.3 is 25.7 Å². The number of amides is 2. The van der Waals surface area contributed by atoms with Gasteiger partial charge >= 0.3 is 0 Å². The third-order valence-corrected chi connectivity index (χ3v) is 6.73. The van der Waals surface area contributed by atoms with E-state index in [0.717, 1.165) is 47.2 Å². The summed E-state index contributed by atoms with van der Waals surface area (Å²) in [6.07, 6.45) is 3.31. The first-order valence-corrected chi connectivity index (χ1v) is 13.5. The number of ether oxygens (including phenoxy) is 1. The van der Waals surface area contributed by atoms with E-state index in [1.807, 2.05) is 74.0 Å². The number of carbonyl (C=O) groups excluding carboxylic acids is 2. The zero-order chi connectivity index (χ0) is 28.8. The molecule has 5 rings (SSSR count). The highest BCUT2D eigenvalue weighted by atomic mass is 16.5. The Kier molecular flexibility index (Phi) is 8.96. The Morgan fingerprint density at radius 3 is 2.35 bits per heavy atom. The summed E-state index contributed by atoms with van der Waals surface area (Å²) < 4.78 is 7.46. The number of nitrogens with two attached hydrogens (primary N) is 1. The van der Waals surface area contributed by atoms with Gasteiger partial charge in [0.15, 0.2) is 0 Å². The van der Waals surface area contributed by atoms with Crippen molar-refractivity contribution in [1.29, 1.82) is 0 Å². The van der Waals surface area contributed by atoms with Gasteiger partial charge in [0.1, 0.15) is 17.8 Å². The number of fused-ring (bicyclic) bond motifs is 1. The van der Waals surface area contributed by atoms with Gasteiger partial charge in [0.2, 0.25) is 0 Å². The van der Waals surface area contributed by atoms with Crippen LogP contribution < -0.4 is 16.4 Å². The SMILES string of the molecule is C=C(C)C(=O)Nc1ccc(-c2c(-c3ccc(C(=O)NC4CCCOC4)cc3)c3c(N)ncnc3n2C)cc1.CC. The second-order valence-electron chi connectivity index (χ2n) is 9.52. The molecule has 2 aromatic heterocycles. The largest absolute Gasteiger partial charge is 0.383 e. The third-order valence-electron chi connectivity index (χ3n) is 6.73. The summed E-state index contributed by atoms with van der Waals surface area (Å²) >= 11 is 0. The Labute approximate surface area is 234 Å². The van der Waals surface area contributed by atoms with Gasteiger partial charge in [-0.1, -0.05) is 44.7 Å². The van der Waals surface area contributed by atoms with Crippen LogP contribution in [0.25, 0.3) is 33.4 Å². The van der Waals surface area contributed by atoms with Gasteiger partial charge in [-0.3, -0.25) is 9.59 Å². The molecule has 9 heteroatoms. The van der Waals surface area contributed by atoms with Crippen molar-refractivity contribution in [2.24, 2.45) is 7.05 Å². The van der Waals surface area contributed by atoms with E-state index >= 15 is 0 Å². The topological polar surface area (TPSA) is 124 Å². The lowest BCUT2D eigenvalue weighted by Crippen LogP contribution is -2.40. The van der Waals surface area contributed by atoms with Crippen molar-refractivity contribution in [3.05, 3.63) is 72.6 Å². The van der Waals surface area contributed by atoms with E-state index in [9.17, 15) is 9.59 Å². The lowest BCUT2D eigenvalue weighted by atomic mass is 9.97. The normalized spacial score (nSPS) is 14.7. The number of aryl methyl sites for hydroxylation is 1. The molecule has 208 valence electrons. The molecule has 1 aliphatic rings. The van der Waals surface area contributed by atoms with Crippen LogP contribution in [0.4, 0.5) is 11.5 Å². The first kappa shape index (κ1) is 28.5. The smallest absolute Gasteiger partial charge is 0.251 e. The minimum Gasteiger partial charge on any atom is -0.383 e. The molecule has 0 spiro atoms. The summed E-state index contributed by atoms with van der Waals surface area (Å²) in [6, 6.07) is 15.0. The fourth-order valence-corrected chi connectivity index (χ4v) is 4.76. The van der Waals surface area contributed by atoms with E-state index in [0.29, 0.717) is 34.9 Å². The van der Waals surface area contributed by atoms with E-state index in [-0.39, 0.29) is 17.9 Å². The maximum absolute atomic E-state index is 12.8. The molecule has 3 heterocycles. The molecule has 0 aliphatic carbocycles. The average molecular weight is 541 g/mol. The van der Waals surface area contributed by atoms with Crippen LogP contribution in [0.3, 0.4) is 0 Å². The summed E-state index contributed by atoms with van der Waals surface area (Å²) in [7, 11) is 1.93. The molecule has 1 saturated heterocycles. The maximum Gasteiger partial charge on any atom is 0.251 e. The number of hydrogen-bond donors (Lipinski definition) is 3. The number of nitrogens with one attached hydrogen (secondary N) is 2. The maximum atomic E-state index is 12.8. The number of hydrogen-bond acceptors (Lipinski definition) is 6. The van der Waals surface area contributed by atoms with Crippen LogP contribution in [0.15, 0.2) is 67.0 Å². The third kappa shape index (κ3) is 5.89. The predicted molar refractivity (Wildman–Crippen MR) is 160 cm³/mol. The molecule has 1 atom stereocenters. The minimum atomic E-state index is -0.230. The molecule has 0 saturated carbocycles. The summed E-state index contributed by atoms with van der Waals surface area (Å²) in [6.45, 7) is 10.6. The molecule has 1 fully saturated rings. The molecule has 9 nitrogen and oxygen atoms in total. The van der Waals surface area contributed by atoms with Crippen LogP contribution in [0.2, 0.25) is 0 Å². The number of aromatic nitrogens is 3. The molecule has 0 bridgehead atoms. The fraction of sp³-hybridized carbons (Fsp3) is 0.290. The monoisotopic (exact) mass is 540 g/mol. The first-order chi connectivity index (χ1) is 19.3. The van der Waals surface area contributed by atoms with Crippen LogP contribution in [0.1, 0.15) is 44.0 Å². The summed E-state index contributed by atoms with van der Waals surface area (Å²) in [5.41, 5.74) is 12.3. The van der Waals surface area contributed by atoms with Gasteiger partial charge in [-0.25, -0.2) is 9.97 Å². The van der Waals surface area contributed by atoms with Gasteiger partial charge in [-0.15, -0.1) is 0 Å². The van der Waals surface area contributed by atoms with Crippen LogP contribution in [0, 0.1) is 0 Å². The molecule has 4 aromatic rings. The van der Waals surface area contributed by atoms with Crippen molar-refractivity contribution in [2.75, 3.05) is 24.3 Å². The van der Waals surface area contributed by atoms with E-state index in [1.165, 1.54) is 6.33 Å². The molecular weight excluding hydrogens is 504 g/mol. The number of anilines is 2. The summed E-state index contributed by atoms with van der Waals surface area (Å²) in [5, 5.41) is 6.62. The zero-order valence-electron chi connectivity index (χ0n) is 23.5. The second kappa shape index (κ2) is 12.6. The molecule has 2 amide bonds. The summed E-state index contributed by atoms with van der Waals surface area (Å²) in [5.74, 6) is 0.0166. The van der Waals surface area contributed by atoms with Gasteiger partial charge in [-0.2, -0.15) is 0 Å². The Hall–Kier alpha value is -4.50. The molecule has 2 aromatic carbocycles. The van der Waals surface area contributed by atoms with Crippen molar-refractivity contribution in [3.63, 3.8) is 0 Å². The second-order valence-corrected chi connectivity index (χ2v) is 9.52. The Bertz CT molecular complexity index is 1520. The van der Waals surface area contributed by atoms with Gasteiger partial charge in [0, 0.05) is 36.0 Å². The molecule has 1 aliphatic heterocycles. The van der Waals surface area contributed by atoms with Crippen molar-refractivity contribution < 1.29 is 14.3 Å². The van der Waals surface area contributed by atoms with E-state index in [4.69, 9.17) is 10.5 Å². The van der Waals surface area contributed by atoms with E-state index in [2.05, 4.69) is 27.2 Å². The van der Waals surface area contributed by atoms with Crippen molar-refractivity contribution in [3.8, 4) is 22.4 Å². The van der Waals surface area contributed by atoms with Crippen LogP contribution >= 0.6 is 0 Å². The van der Waals surface area contributed by atoms with Gasteiger partial charge in [-0.05, 0) is 55.2 Å². The van der Waals surface area contributed by atoms with E-state index < -0.39 is 0 Å². The lowest BCUT2D eigenvalue weighted by Gasteiger charge is -2.23. The standard InChI is InChI=1S/C29H30N6O3.C2H6/c1-17(2)28(36)33-21-12-10-19(11-13-21)25-23(24-26(30)31-16-32-27(24)35(25)3)18-6-8-20(9-7-18)29(37)34-22-5-4-14-38-15-22;1-2/h6-13,16,22H,1,4-5,14-15H2,2-3H3,(H,33,36)(H,34,37)(H2,30,31,32);1-2H3. The van der Waals surface area contributed by atoms with Crippen LogP contribution in [0.5, 0.6) is 0 Å². The average Bonchev–Trinajstić information content (AvgIpc) is 3.28. The molecular formula is C31H36N6O3. The molecule has 1 unspecified atom stereocenters. The first-order valence-electron chi connectivity index (χ1n) is 13.5. The number of nitrogen functional groups attached to an aromatic ring is 1. The molecule has 0 radical (unpaired) electrons. The minimum absolute atomic E-state index is 0.0284. The fourth-order valence-electron chi connectivity index (χ4n) is 4.76. The highest BCUT2D eigenvalue weighted by Crippen LogP contribution is 2.41. The molecule has 4 N–H and O–H groups in total. The van der Waals surface area contributed by atoms with Crippen molar-refractivity contribution in [2.45, 2.75) is 39.7 Å². The van der Waals surface area contributed by atoms with Crippen LogP contribution in [-0.4, -0.2) is 45.6 Å². The van der Waals surface area contributed by atoms with Gasteiger partial charge in [0.05, 0.1) is 23.7 Å². The predicted octanol–water partition coefficient (Wildman–Crippen LogP) is 5.33. The number of nitrogens with zero attached hydrogens (tertiary/aromatic N) is 3. The highest BCUT2D eigenvalue weighted by Gasteiger charge is 2.23. The van der Waals surface area contributed by atoms with Gasteiger partial charge in [0.25, 0.3) is 11.8 Å². The highest BCUT2D eigenvalue weighted by molar-refractivity contribution is 6.08. The number of carbonyl (C=O) groups is 2. The lowest BCUT2D eigenvalue weighted by molar-refractivity contribution is -0.112. The Balaban J connectivity index is 0.00000181. The van der Waals surface area contributed by atoms with E-state index in [1.54, 1.807) is 6.92 Å². The summed E-state index contributed by atoms with van der Waals surface area (Å²) in [4.78, 5) is 33.6. The van der Waals surface area contributed by atoms with Crippen molar-refractivity contribution in [1.82, 2.24) is 19.9 Å². The quantitative estimate of drug-likeness (QED) is 0.284. The zero-order valence-corrected chi connectivity index (χ0v) is 23.5. The number of rotatable bonds is 6. The van der Waals surface area contributed by atoms with Crippen molar-refractivity contribution >= 4 is 34.4 Å². The van der Waals surface area contributed by atoms with Crippen LogP contribution in [-0.2, 0) is 16.6 Å². The Morgan fingerprint density at radius 2 is 1.73 bits per heavy atom. The Morgan fingerprint density at radius 1 is 1.05 bits per heavy atom. The number of benzene rings is 2.